The van der Waals surface area contributed by atoms with Gasteiger partial charge in [0.15, 0.2) is 0 Å². The van der Waals surface area contributed by atoms with Crippen LogP contribution >= 0.6 is 0 Å². The Kier molecular flexibility index (Phi) is 8.46. The molecule has 0 heteroatoms. The highest BCUT2D eigenvalue weighted by atomic mass is 14.2. The van der Waals surface area contributed by atoms with Crippen LogP contribution in [0.4, 0.5) is 0 Å². The Labute approximate surface area is 167 Å². The van der Waals surface area contributed by atoms with Crippen molar-refractivity contribution in [3.05, 3.63) is 59.7 Å². The molecule has 0 aliphatic heterocycles. The van der Waals surface area contributed by atoms with Gasteiger partial charge in [0.05, 0.1) is 0 Å². The van der Waals surface area contributed by atoms with Gasteiger partial charge in [-0.05, 0) is 53.9 Å². The van der Waals surface area contributed by atoms with Crippen LogP contribution in [0.2, 0.25) is 0 Å². The van der Waals surface area contributed by atoms with Gasteiger partial charge in [0, 0.05) is 0 Å². The third-order valence-electron chi connectivity index (χ3n) is 6.34. The van der Waals surface area contributed by atoms with E-state index in [-0.39, 0.29) is 0 Å². The first-order valence-electron chi connectivity index (χ1n) is 11.6. The molecule has 0 unspecified atom stereocenters. The second-order valence-corrected chi connectivity index (χ2v) is 8.53. The standard InChI is InChI=1S/C27H38/c1-2-3-4-5-6-7-9-12-23-15-17-25(18-16-23)27-21-19-26(20-22-27)24-13-10-8-11-14-24/h15-22,24H,2-14H2,1H3. The maximum absolute atomic E-state index is 2.37. The zero-order chi connectivity index (χ0) is 18.7. The molecule has 0 saturated heterocycles. The van der Waals surface area contributed by atoms with E-state index in [0.717, 1.165) is 5.92 Å². The summed E-state index contributed by atoms with van der Waals surface area (Å²) in [5.41, 5.74) is 5.76. The fourth-order valence-electron chi connectivity index (χ4n) is 4.53. The maximum Gasteiger partial charge on any atom is -0.0162 e. The van der Waals surface area contributed by atoms with Crippen molar-refractivity contribution in [1.29, 1.82) is 0 Å². The Bertz CT molecular complexity index is 629. The minimum absolute atomic E-state index is 0.803. The number of rotatable bonds is 10. The monoisotopic (exact) mass is 362 g/mol. The zero-order valence-electron chi connectivity index (χ0n) is 17.4. The second kappa shape index (κ2) is 11.3. The zero-order valence-corrected chi connectivity index (χ0v) is 17.4. The number of hydrogen-bond acceptors (Lipinski definition) is 0. The van der Waals surface area contributed by atoms with Gasteiger partial charge < -0.3 is 0 Å². The Morgan fingerprint density at radius 1 is 0.630 bits per heavy atom. The Morgan fingerprint density at radius 2 is 1.19 bits per heavy atom. The van der Waals surface area contributed by atoms with Crippen LogP contribution in [0.1, 0.15) is 101 Å². The molecular weight excluding hydrogens is 324 g/mol. The van der Waals surface area contributed by atoms with Crippen LogP contribution in [0.15, 0.2) is 48.5 Å². The van der Waals surface area contributed by atoms with Crippen molar-refractivity contribution >= 4 is 0 Å². The van der Waals surface area contributed by atoms with Gasteiger partial charge >= 0.3 is 0 Å². The van der Waals surface area contributed by atoms with Crippen molar-refractivity contribution in [3.8, 4) is 11.1 Å². The van der Waals surface area contributed by atoms with Crippen molar-refractivity contribution in [2.45, 2.75) is 96.3 Å². The quantitative estimate of drug-likeness (QED) is 0.371. The number of aryl methyl sites for hydroxylation is 1. The molecule has 0 aromatic heterocycles. The molecule has 0 heterocycles. The molecule has 3 rings (SSSR count). The van der Waals surface area contributed by atoms with Crippen molar-refractivity contribution in [3.63, 3.8) is 0 Å². The lowest BCUT2D eigenvalue weighted by molar-refractivity contribution is 0.443. The first kappa shape index (κ1) is 20.2. The van der Waals surface area contributed by atoms with Crippen molar-refractivity contribution < 1.29 is 0 Å². The van der Waals surface area contributed by atoms with Gasteiger partial charge in [0.25, 0.3) is 0 Å². The Morgan fingerprint density at radius 3 is 1.81 bits per heavy atom. The molecule has 2 aromatic carbocycles. The van der Waals surface area contributed by atoms with Gasteiger partial charge in [-0.25, -0.2) is 0 Å². The van der Waals surface area contributed by atoms with E-state index in [1.165, 1.54) is 100 Å². The summed E-state index contributed by atoms with van der Waals surface area (Å²) in [7, 11) is 0. The number of benzene rings is 2. The van der Waals surface area contributed by atoms with Gasteiger partial charge in [-0.2, -0.15) is 0 Å². The highest BCUT2D eigenvalue weighted by Crippen LogP contribution is 2.33. The highest BCUT2D eigenvalue weighted by Gasteiger charge is 2.15. The predicted octanol–water partition coefficient (Wildman–Crippen LogP) is 8.69. The first-order chi connectivity index (χ1) is 13.4. The van der Waals surface area contributed by atoms with Crippen LogP contribution in [0.5, 0.6) is 0 Å². The number of unbranched alkanes of at least 4 members (excludes halogenated alkanes) is 6. The average Bonchev–Trinajstić information content (AvgIpc) is 2.74. The fraction of sp³-hybridized carbons (Fsp3) is 0.556. The molecular formula is C27H38. The summed E-state index contributed by atoms with van der Waals surface area (Å²) in [6, 6.07) is 18.7. The van der Waals surface area contributed by atoms with E-state index < -0.39 is 0 Å². The first-order valence-corrected chi connectivity index (χ1v) is 11.6. The lowest BCUT2D eigenvalue weighted by atomic mass is 9.83. The molecule has 146 valence electrons. The summed E-state index contributed by atoms with van der Waals surface area (Å²) < 4.78 is 0. The van der Waals surface area contributed by atoms with Gasteiger partial charge in [-0.1, -0.05) is 113 Å². The lowest BCUT2D eigenvalue weighted by Gasteiger charge is -2.22. The van der Waals surface area contributed by atoms with Crippen molar-refractivity contribution in [2.75, 3.05) is 0 Å². The van der Waals surface area contributed by atoms with Crippen molar-refractivity contribution in [1.82, 2.24) is 0 Å². The average molecular weight is 363 g/mol. The Hall–Kier alpha value is -1.56. The minimum atomic E-state index is 0.803. The van der Waals surface area contributed by atoms with E-state index in [2.05, 4.69) is 55.5 Å². The molecule has 27 heavy (non-hydrogen) atoms. The molecule has 1 fully saturated rings. The third-order valence-corrected chi connectivity index (χ3v) is 6.34. The molecule has 0 bridgehead atoms. The van der Waals surface area contributed by atoms with Gasteiger partial charge in [-0.3, -0.25) is 0 Å². The second-order valence-electron chi connectivity index (χ2n) is 8.53. The molecule has 0 N–H and O–H groups in total. The predicted molar refractivity (Wildman–Crippen MR) is 119 cm³/mol. The summed E-state index contributed by atoms with van der Waals surface area (Å²) in [5.74, 6) is 0.803. The summed E-state index contributed by atoms with van der Waals surface area (Å²) in [4.78, 5) is 0. The number of hydrogen-bond donors (Lipinski definition) is 0. The summed E-state index contributed by atoms with van der Waals surface area (Å²) >= 11 is 0. The molecule has 0 radical (unpaired) electrons. The molecule has 0 nitrogen and oxygen atoms in total. The summed E-state index contributed by atoms with van der Waals surface area (Å²) in [6.45, 7) is 2.29. The molecule has 1 aliphatic carbocycles. The van der Waals surface area contributed by atoms with E-state index in [1.807, 2.05) is 0 Å². The van der Waals surface area contributed by atoms with Crippen molar-refractivity contribution in [2.24, 2.45) is 0 Å². The summed E-state index contributed by atoms with van der Waals surface area (Å²) in [6.07, 6.45) is 18.0. The van der Waals surface area contributed by atoms with Gasteiger partial charge in [0.1, 0.15) is 0 Å². The van der Waals surface area contributed by atoms with Crippen LogP contribution in [-0.4, -0.2) is 0 Å². The molecule has 1 saturated carbocycles. The van der Waals surface area contributed by atoms with Gasteiger partial charge in [0.2, 0.25) is 0 Å². The minimum Gasteiger partial charge on any atom is -0.0654 e. The summed E-state index contributed by atoms with van der Waals surface area (Å²) in [5, 5.41) is 0. The van der Waals surface area contributed by atoms with Crippen LogP contribution in [0.3, 0.4) is 0 Å². The van der Waals surface area contributed by atoms with E-state index in [4.69, 9.17) is 0 Å². The molecule has 0 spiro atoms. The van der Waals surface area contributed by atoms with E-state index in [9.17, 15) is 0 Å². The SMILES string of the molecule is CCCCCCCCCc1ccc(-c2ccc(C3CCCCC3)cc2)cc1. The molecule has 1 aliphatic rings. The molecule has 0 atom stereocenters. The van der Waals surface area contributed by atoms with Crippen LogP contribution in [0, 0.1) is 0 Å². The van der Waals surface area contributed by atoms with E-state index in [1.54, 1.807) is 5.56 Å². The third kappa shape index (κ3) is 6.52. The van der Waals surface area contributed by atoms with Crippen LogP contribution in [-0.2, 0) is 6.42 Å². The smallest absolute Gasteiger partial charge is 0.0162 e. The normalized spacial score (nSPS) is 15.1. The Balaban J connectivity index is 1.45. The van der Waals surface area contributed by atoms with E-state index in [0.29, 0.717) is 0 Å². The van der Waals surface area contributed by atoms with Crippen LogP contribution < -0.4 is 0 Å². The fourth-order valence-corrected chi connectivity index (χ4v) is 4.53. The topological polar surface area (TPSA) is 0 Å². The largest absolute Gasteiger partial charge is 0.0654 e. The highest BCUT2D eigenvalue weighted by molar-refractivity contribution is 5.64. The lowest BCUT2D eigenvalue weighted by Crippen LogP contribution is -2.04. The van der Waals surface area contributed by atoms with E-state index >= 15 is 0 Å². The van der Waals surface area contributed by atoms with Crippen LogP contribution in [0.25, 0.3) is 11.1 Å². The molecule has 0 amide bonds. The maximum atomic E-state index is 2.37. The van der Waals surface area contributed by atoms with Gasteiger partial charge in [-0.15, -0.1) is 0 Å². The molecule has 2 aromatic rings.